The molecule has 1 heterocycles. The van der Waals surface area contributed by atoms with E-state index >= 15 is 0 Å². The molecule has 4 nitrogen and oxygen atoms in total. The highest BCUT2D eigenvalue weighted by Gasteiger charge is 2.46. The van der Waals surface area contributed by atoms with Crippen molar-refractivity contribution in [2.45, 2.75) is 38.3 Å². The second kappa shape index (κ2) is 6.93. The topological polar surface area (TPSA) is 27.3 Å². The van der Waals surface area contributed by atoms with Crippen LogP contribution in [0.1, 0.15) is 31.2 Å². The molecule has 1 aliphatic heterocycles. The Bertz CT molecular complexity index is 569. The van der Waals surface area contributed by atoms with Gasteiger partial charge in [-0.1, -0.05) is 0 Å². The first kappa shape index (κ1) is 16.2. The Hall–Kier alpha value is -1.26. The van der Waals surface area contributed by atoms with Crippen LogP contribution in [0.15, 0.2) is 18.2 Å². The average molecular weight is 332 g/mol. The lowest BCUT2D eigenvalue weighted by Gasteiger charge is -2.36. The van der Waals surface area contributed by atoms with Gasteiger partial charge in [0, 0.05) is 17.9 Å². The fourth-order valence-electron chi connectivity index (χ4n) is 5.50. The van der Waals surface area contributed by atoms with Crippen LogP contribution in [0.4, 0.5) is 0 Å². The zero-order chi connectivity index (χ0) is 16.5. The molecule has 2 aliphatic carbocycles. The van der Waals surface area contributed by atoms with Crippen molar-refractivity contribution < 1.29 is 19.3 Å². The summed E-state index contributed by atoms with van der Waals surface area (Å²) in [6.07, 6.45) is 6.09. The number of hydrogen-bond donors (Lipinski definition) is 2. The molecule has 0 amide bonds. The molecule has 0 spiro atoms. The third-order valence-corrected chi connectivity index (χ3v) is 6.76. The van der Waals surface area contributed by atoms with E-state index in [1.54, 1.807) is 19.1 Å². The number of rotatable bonds is 5. The number of benzene rings is 1. The average Bonchev–Trinajstić information content (AvgIpc) is 3.25. The van der Waals surface area contributed by atoms with Gasteiger partial charge in [-0.25, -0.2) is 0 Å². The molecule has 0 radical (unpaired) electrons. The highest BCUT2D eigenvalue weighted by molar-refractivity contribution is 5.42. The first-order valence-electron chi connectivity index (χ1n) is 9.66. The second-order valence-electron chi connectivity index (χ2n) is 8.06. The normalized spacial score (nSPS) is 35.2. The van der Waals surface area contributed by atoms with Crippen molar-refractivity contribution in [2.75, 3.05) is 40.4 Å². The molecule has 4 heteroatoms. The summed E-state index contributed by atoms with van der Waals surface area (Å²) in [6, 6.07) is 7.35. The summed E-state index contributed by atoms with van der Waals surface area (Å²) in [5, 5.41) is 0. The van der Waals surface area contributed by atoms with Crippen LogP contribution in [-0.2, 0) is 6.54 Å². The lowest BCUT2D eigenvalue weighted by atomic mass is 9.93. The van der Waals surface area contributed by atoms with Crippen molar-refractivity contribution in [1.29, 1.82) is 0 Å². The standard InChI is InChI=1S/C20H30N2O2/c1-23-19-6-4-16(13-20(19)24-2)14-21-7-9-22(10-8-21)18-12-15-3-5-17(18)11-15/h4,6,13,15,17-18H,3,5,7-12,14H2,1-2H3/p+2/t15-,17+,18-/m1/s1. The van der Waals surface area contributed by atoms with Gasteiger partial charge in [-0.2, -0.15) is 0 Å². The zero-order valence-corrected chi connectivity index (χ0v) is 15.1. The Kier molecular flexibility index (Phi) is 4.68. The number of fused-ring (bicyclic) bond motifs is 2. The fraction of sp³-hybridized carbons (Fsp3) is 0.700. The van der Waals surface area contributed by atoms with E-state index in [-0.39, 0.29) is 0 Å². The molecule has 4 rings (SSSR count). The van der Waals surface area contributed by atoms with Crippen molar-refractivity contribution in [3.63, 3.8) is 0 Å². The van der Waals surface area contributed by atoms with Gasteiger partial charge in [0.2, 0.25) is 0 Å². The number of methoxy groups -OCH3 is 2. The van der Waals surface area contributed by atoms with Gasteiger partial charge in [-0.05, 0) is 43.4 Å². The van der Waals surface area contributed by atoms with Crippen molar-refractivity contribution in [2.24, 2.45) is 11.8 Å². The lowest BCUT2D eigenvalue weighted by molar-refractivity contribution is -1.03. The van der Waals surface area contributed by atoms with Gasteiger partial charge >= 0.3 is 0 Å². The highest BCUT2D eigenvalue weighted by atomic mass is 16.5. The Morgan fingerprint density at radius 1 is 0.958 bits per heavy atom. The summed E-state index contributed by atoms with van der Waals surface area (Å²) in [5.41, 5.74) is 1.35. The second-order valence-corrected chi connectivity index (χ2v) is 8.06. The van der Waals surface area contributed by atoms with Crippen LogP contribution in [0.25, 0.3) is 0 Å². The Morgan fingerprint density at radius 3 is 2.38 bits per heavy atom. The largest absolute Gasteiger partial charge is 0.493 e. The maximum absolute atomic E-state index is 5.44. The monoisotopic (exact) mass is 332 g/mol. The van der Waals surface area contributed by atoms with Gasteiger partial charge < -0.3 is 19.3 Å². The third-order valence-electron chi connectivity index (χ3n) is 6.76. The van der Waals surface area contributed by atoms with Crippen LogP contribution in [0.3, 0.4) is 0 Å². The number of nitrogens with one attached hydrogen (secondary N) is 2. The van der Waals surface area contributed by atoms with E-state index in [1.165, 1.54) is 57.4 Å². The number of ether oxygens (including phenoxy) is 2. The van der Waals surface area contributed by atoms with E-state index in [1.807, 2.05) is 11.0 Å². The minimum absolute atomic E-state index is 0.821. The molecular weight excluding hydrogens is 300 g/mol. The summed E-state index contributed by atoms with van der Waals surface area (Å²) < 4.78 is 10.8. The molecule has 1 aromatic rings. The van der Waals surface area contributed by atoms with Crippen LogP contribution in [-0.4, -0.2) is 46.4 Å². The summed E-state index contributed by atoms with van der Waals surface area (Å²) >= 11 is 0. The first-order chi connectivity index (χ1) is 11.8. The molecule has 0 unspecified atom stereocenters. The summed E-state index contributed by atoms with van der Waals surface area (Å²) in [4.78, 5) is 3.63. The van der Waals surface area contributed by atoms with Crippen LogP contribution in [0.5, 0.6) is 11.5 Å². The molecule has 1 saturated heterocycles. The van der Waals surface area contributed by atoms with Crippen LogP contribution < -0.4 is 19.3 Å². The van der Waals surface area contributed by atoms with Gasteiger partial charge in [-0.3, -0.25) is 0 Å². The van der Waals surface area contributed by atoms with Gasteiger partial charge in [-0.15, -0.1) is 0 Å². The molecule has 2 bridgehead atoms. The van der Waals surface area contributed by atoms with E-state index in [4.69, 9.17) is 9.47 Å². The van der Waals surface area contributed by atoms with E-state index in [0.29, 0.717) is 0 Å². The molecule has 24 heavy (non-hydrogen) atoms. The number of hydrogen-bond acceptors (Lipinski definition) is 2. The van der Waals surface area contributed by atoms with E-state index < -0.39 is 0 Å². The zero-order valence-electron chi connectivity index (χ0n) is 15.1. The molecule has 2 saturated carbocycles. The lowest BCUT2D eigenvalue weighted by Crippen LogP contribution is -3.29. The molecule has 3 atom stereocenters. The Balaban J connectivity index is 1.32. The van der Waals surface area contributed by atoms with Crippen molar-refractivity contribution in [3.8, 4) is 11.5 Å². The maximum Gasteiger partial charge on any atom is 0.161 e. The SMILES string of the molecule is COc1ccc(C[NH+]2CC[NH+]([C@@H]3C[C@@H]4CC[C@H]3C4)CC2)cc1OC. The summed E-state index contributed by atoms with van der Waals surface area (Å²) in [5.74, 6) is 3.80. The van der Waals surface area contributed by atoms with Crippen LogP contribution >= 0.6 is 0 Å². The van der Waals surface area contributed by atoms with Crippen LogP contribution in [0.2, 0.25) is 0 Å². The Labute approximate surface area is 145 Å². The van der Waals surface area contributed by atoms with Gasteiger partial charge in [0.05, 0.1) is 20.3 Å². The maximum atomic E-state index is 5.44. The molecule has 3 fully saturated rings. The molecule has 2 N–H and O–H groups in total. The number of quaternary nitrogens is 2. The number of piperazine rings is 1. The van der Waals surface area contributed by atoms with Gasteiger partial charge in [0.15, 0.2) is 11.5 Å². The fourth-order valence-corrected chi connectivity index (χ4v) is 5.50. The highest BCUT2D eigenvalue weighted by Crippen LogP contribution is 2.43. The van der Waals surface area contributed by atoms with Crippen molar-refractivity contribution >= 4 is 0 Å². The first-order valence-corrected chi connectivity index (χ1v) is 9.66. The minimum Gasteiger partial charge on any atom is -0.493 e. The summed E-state index contributed by atoms with van der Waals surface area (Å²) in [7, 11) is 3.41. The molecule has 1 aromatic carbocycles. The predicted molar refractivity (Wildman–Crippen MR) is 93.9 cm³/mol. The predicted octanol–water partition coefficient (Wildman–Crippen LogP) is 0.176. The Morgan fingerprint density at radius 2 is 1.75 bits per heavy atom. The van der Waals surface area contributed by atoms with Crippen molar-refractivity contribution in [3.05, 3.63) is 23.8 Å². The van der Waals surface area contributed by atoms with Crippen LogP contribution in [0, 0.1) is 11.8 Å². The molecule has 3 aliphatic rings. The van der Waals surface area contributed by atoms with E-state index in [9.17, 15) is 0 Å². The summed E-state index contributed by atoms with van der Waals surface area (Å²) in [6.45, 7) is 6.42. The molecule has 0 aromatic heterocycles. The van der Waals surface area contributed by atoms with E-state index in [0.717, 1.165) is 35.9 Å². The smallest absolute Gasteiger partial charge is 0.161 e. The quantitative estimate of drug-likeness (QED) is 0.805. The molecule has 132 valence electrons. The van der Waals surface area contributed by atoms with Gasteiger partial charge in [0.25, 0.3) is 0 Å². The van der Waals surface area contributed by atoms with E-state index in [2.05, 4.69) is 12.1 Å². The van der Waals surface area contributed by atoms with Gasteiger partial charge in [0.1, 0.15) is 32.7 Å². The third kappa shape index (κ3) is 3.14. The minimum atomic E-state index is 0.821. The van der Waals surface area contributed by atoms with Crippen molar-refractivity contribution in [1.82, 2.24) is 0 Å². The molecular formula is C20H32N2O2+2.